The average molecular weight is 302 g/mol. The second kappa shape index (κ2) is 6.53. The summed E-state index contributed by atoms with van der Waals surface area (Å²) >= 11 is 10.3. The maximum absolute atomic E-state index is 11.8. The lowest BCUT2D eigenvalue weighted by Gasteiger charge is -2.24. The quantitative estimate of drug-likeness (QED) is 0.854. The Kier molecular flexibility index (Phi) is 5.56. The van der Waals surface area contributed by atoms with Crippen LogP contribution in [-0.2, 0) is 11.2 Å². The van der Waals surface area contributed by atoms with E-state index in [0.29, 0.717) is 18.0 Å². The van der Waals surface area contributed by atoms with E-state index in [0.717, 1.165) is 10.5 Å². The number of nitrogens with zero attached hydrogens (tertiary/aromatic N) is 1. The van der Waals surface area contributed by atoms with E-state index in [1.54, 1.807) is 18.0 Å². The van der Waals surface area contributed by atoms with Gasteiger partial charge in [-0.2, -0.15) is 0 Å². The van der Waals surface area contributed by atoms with Crippen LogP contribution in [0.4, 0.5) is 4.79 Å². The first kappa shape index (κ1) is 16.2. The predicted octanol–water partition coefficient (Wildman–Crippen LogP) is 4.04. The summed E-state index contributed by atoms with van der Waals surface area (Å²) in [5, 5.41) is 0.674. The molecule has 0 radical (unpaired) electrons. The van der Waals surface area contributed by atoms with Gasteiger partial charge < -0.3 is 9.64 Å². The smallest absolute Gasteiger partial charge is 0.410 e. The first-order valence-electron chi connectivity index (χ1n) is 6.10. The van der Waals surface area contributed by atoms with Gasteiger partial charge in [0.25, 0.3) is 0 Å². The highest BCUT2D eigenvalue weighted by Gasteiger charge is 2.19. The summed E-state index contributed by atoms with van der Waals surface area (Å²) in [6.45, 7) is 6.10. The van der Waals surface area contributed by atoms with Gasteiger partial charge in [0.15, 0.2) is 0 Å². The van der Waals surface area contributed by atoms with E-state index >= 15 is 0 Å². The molecule has 0 fully saturated rings. The zero-order valence-corrected chi connectivity index (χ0v) is 13.4. The minimum absolute atomic E-state index is 0.324. The van der Waals surface area contributed by atoms with E-state index in [9.17, 15) is 4.79 Å². The van der Waals surface area contributed by atoms with Crippen LogP contribution in [0.2, 0.25) is 5.02 Å². The largest absolute Gasteiger partial charge is 0.444 e. The molecule has 0 aliphatic rings. The van der Waals surface area contributed by atoms with Crippen LogP contribution in [0.3, 0.4) is 0 Å². The molecule has 0 N–H and O–H groups in total. The van der Waals surface area contributed by atoms with Gasteiger partial charge in [-0.15, -0.1) is 12.6 Å². The van der Waals surface area contributed by atoms with Gasteiger partial charge in [-0.25, -0.2) is 4.79 Å². The van der Waals surface area contributed by atoms with Gasteiger partial charge in [0.1, 0.15) is 5.60 Å². The molecule has 0 spiro atoms. The first-order chi connectivity index (χ1) is 8.69. The molecule has 0 saturated carbocycles. The van der Waals surface area contributed by atoms with Crippen LogP contribution in [0.1, 0.15) is 26.3 Å². The molecule has 0 aliphatic carbocycles. The zero-order valence-electron chi connectivity index (χ0n) is 11.7. The molecular formula is C14H20ClNO2S. The maximum atomic E-state index is 11.8. The highest BCUT2D eigenvalue weighted by molar-refractivity contribution is 7.80. The van der Waals surface area contributed by atoms with E-state index in [1.807, 2.05) is 32.9 Å². The zero-order chi connectivity index (χ0) is 14.6. The number of carbonyl (C=O) groups excluding carboxylic acids is 1. The van der Waals surface area contributed by atoms with E-state index < -0.39 is 5.60 Å². The lowest BCUT2D eigenvalue weighted by atomic mass is 10.1. The molecule has 0 heterocycles. The monoisotopic (exact) mass is 301 g/mol. The number of thiol groups is 1. The van der Waals surface area contributed by atoms with Crippen molar-refractivity contribution in [2.24, 2.45) is 0 Å². The molecule has 106 valence electrons. The number of carbonyl (C=O) groups is 1. The Labute approximate surface area is 125 Å². The third-order valence-electron chi connectivity index (χ3n) is 2.46. The van der Waals surface area contributed by atoms with Crippen molar-refractivity contribution in [2.45, 2.75) is 37.7 Å². The summed E-state index contributed by atoms with van der Waals surface area (Å²) in [6, 6.07) is 5.52. The van der Waals surface area contributed by atoms with Crippen LogP contribution in [-0.4, -0.2) is 30.2 Å². The molecule has 5 heteroatoms. The Morgan fingerprint density at radius 2 is 2.05 bits per heavy atom. The van der Waals surface area contributed by atoms with E-state index in [-0.39, 0.29) is 6.09 Å². The highest BCUT2D eigenvalue weighted by Crippen LogP contribution is 2.20. The second-order valence-electron chi connectivity index (χ2n) is 5.42. The number of ether oxygens (including phenoxy) is 1. The van der Waals surface area contributed by atoms with Crippen molar-refractivity contribution >= 4 is 30.3 Å². The molecule has 1 aromatic rings. The molecule has 0 saturated heterocycles. The van der Waals surface area contributed by atoms with Crippen molar-refractivity contribution < 1.29 is 9.53 Å². The van der Waals surface area contributed by atoms with Crippen molar-refractivity contribution in [2.75, 3.05) is 13.6 Å². The standard InChI is InChI=1S/C14H20ClNO2S/c1-14(2,3)18-13(17)16(4)8-7-10-9-11(15)5-6-12(10)19/h5-6,9,19H,7-8H2,1-4H3. The van der Waals surface area contributed by atoms with E-state index in [4.69, 9.17) is 16.3 Å². The Morgan fingerprint density at radius 3 is 2.63 bits per heavy atom. The van der Waals surface area contributed by atoms with Crippen LogP contribution in [0.25, 0.3) is 0 Å². The fourth-order valence-corrected chi connectivity index (χ4v) is 1.92. The average Bonchev–Trinajstić information content (AvgIpc) is 2.27. The lowest BCUT2D eigenvalue weighted by molar-refractivity contribution is 0.0300. The number of hydrogen-bond donors (Lipinski definition) is 1. The van der Waals surface area contributed by atoms with Crippen molar-refractivity contribution in [1.82, 2.24) is 4.90 Å². The Hall–Kier alpha value is -0.870. The van der Waals surface area contributed by atoms with Crippen molar-refractivity contribution in [3.63, 3.8) is 0 Å². The number of likely N-dealkylation sites (N-methyl/N-ethyl adjacent to an activating group) is 1. The molecule has 0 unspecified atom stereocenters. The summed E-state index contributed by atoms with van der Waals surface area (Å²) in [6.07, 6.45) is 0.366. The SMILES string of the molecule is CN(CCc1cc(Cl)ccc1S)C(=O)OC(C)(C)C. The lowest BCUT2D eigenvalue weighted by Crippen LogP contribution is -2.35. The van der Waals surface area contributed by atoms with Crippen LogP contribution in [0, 0.1) is 0 Å². The topological polar surface area (TPSA) is 29.5 Å². The minimum atomic E-state index is -0.476. The fourth-order valence-electron chi connectivity index (χ4n) is 1.47. The van der Waals surface area contributed by atoms with Crippen LogP contribution >= 0.6 is 24.2 Å². The predicted molar refractivity (Wildman–Crippen MR) is 81.3 cm³/mol. The number of benzene rings is 1. The molecule has 0 bridgehead atoms. The van der Waals surface area contributed by atoms with Gasteiger partial charge in [-0.05, 0) is 51.0 Å². The van der Waals surface area contributed by atoms with Crippen LogP contribution in [0.5, 0.6) is 0 Å². The van der Waals surface area contributed by atoms with Crippen molar-refractivity contribution in [3.8, 4) is 0 Å². The number of hydrogen-bond acceptors (Lipinski definition) is 3. The molecular weight excluding hydrogens is 282 g/mol. The molecule has 0 atom stereocenters. The molecule has 1 aromatic carbocycles. The fraction of sp³-hybridized carbons (Fsp3) is 0.500. The summed E-state index contributed by atoms with van der Waals surface area (Å²) in [5.74, 6) is 0. The number of amides is 1. The van der Waals surface area contributed by atoms with E-state index in [1.165, 1.54) is 0 Å². The molecule has 3 nitrogen and oxygen atoms in total. The van der Waals surface area contributed by atoms with Crippen LogP contribution < -0.4 is 0 Å². The van der Waals surface area contributed by atoms with E-state index in [2.05, 4.69) is 12.6 Å². The third kappa shape index (κ3) is 5.74. The summed E-state index contributed by atoms with van der Waals surface area (Å²) < 4.78 is 5.28. The van der Waals surface area contributed by atoms with Gasteiger partial charge in [0.05, 0.1) is 0 Å². The minimum Gasteiger partial charge on any atom is -0.444 e. The van der Waals surface area contributed by atoms with Crippen LogP contribution in [0.15, 0.2) is 23.1 Å². The molecule has 19 heavy (non-hydrogen) atoms. The molecule has 0 aliphatic heterocycles. The number of rotatable bonds is 3. The second-order valence-corrected chi connectivity index (χ2v) is 6.34. The summed E-state index contributed by atoms with van der Waals surface area (Å²) in [5.41, 5.74) is 0.544. The van der Waals surface area contributed by atoms with Gasteiger partial charge in [-0.3, -0.25) is 0 Å². The highest BCUT2D eigenvalue weighted by atomic mass is 35.5. The van der Waals surface area contributed by atoms with Gasteiger partial charge in [-0.1, -0.05) is 11.6 Å². The normalized spacial score (nSPS) is 11.3. The third-order valence-corrected chi connectivity index (χ3v) is 3.13. The first-order valence-corrected chi connectivity index (χ1v) is 6.93. The molecule has 0 aromatic heterocycles. The van der Waals surface area contributed by atoms with Gasteiger partial charge >= 0.3 is 6.09 Å². The Balaban J connectivity index is 2.56. The number of halogens is 1. The Morgan fingerprint density at radius 1 is 1.42 bits per heavy atom. The molecule has 1 rings (SSSR count). The van der Waals surface area contributed by atoms with Crippen molar-refractivity contribution in [1.29, 1.82) is 0 Å². The summed E-state index contributed by atoms with van der Waals surface area (Å²) in [4.78, 5) is 14.2. The molecule has 1 amide bonds. The van der Waals surface area contributed by atoms with Gasteiger partial charge in [0, 0.05) is 23.5 Å². The maximum Gasteiger partial charge on any atom is 0.410 e. The van der Waals surface area contributed by atoms with Crippen molar-refractivity contribution in [3.05, 3.63) is 28.8 Å². The Bertz CT molecular complexity index is 457. The summed E-state index contributed by atoms with van der Waals surface area (Å²) in [7, 11) is 1.72. The van der Waals surface area contributed by atoms with Gasteiger partial charge in [0.2, 0.25) is 0 Å².